The van der Waals surface area contributed by atoms with E-state index in [2.05, 4.69) is 0 Å². The highest BCUT2D eigenvalue weighted by atomic mass is 35.5. The van der Waals surface area contributed by atoms with E-state index in [9.17, 15) is 0 Å². The van der Waals surface area contributed by atoms with Gasteiger partial charge in [-0.25, -0.2) is 0 Å². The Morgan fingerprint density at radius 2 is 0.850 bits per heavy atom. The van der Waals surface area contributed by atoms with Crippen LogP contribution in [0.1, 0.15) is 22.3 Å². The van der Waals surface area contributed by atoms with Crippen molar-refractivity contribution in [3.63, 3.8) is 0 Å². The van der Waals surface area contributed by atoms with Crippen molar-refractivity contribution in [2.75, 3.05) is 6.61 Å². The van der Waals surface area contributed by atoms with Crippen LogP contribution in [0.4, 0.5) is 0 Å². The minimum absolute atomic E-state index is 0.300. The molecule has 4 aromatic carbocycles. The third-order valence-corrected chi connectivity index (χ3v) is 7.18. The summed E-state index contributed by atoms with van der Waals surface area (Å²) in [4.78, 5) is 0. The first-order chi connectivity index (χ1) is 19.8. The van der Waals surface area contributed by atoms with Crippen LogP contribution in [-0.4, -0.2) is 36.6 Å². The topological polar surface area (TPSA) is 46.2 Å². The standard InChI is InChI=1S/C34H35ClO5/c35-34-33(39-24-29-19-11-4-12-20-29)32(38-23-28-17-9-3-10-18-28)31(37-22-27-15-7-2-8-16-27)30(40-34)25-36-21-26-13-5-1-6-14-26/h1-20,30-34H,21-25H2/t30-,31-,32+,33-,34?/m0/s1. The fourth-order valence-corrected chi connectivity index (χ4v) is 5.08. The van der Waals surface area contributed by atoms with Crippen molar-refractivity contribution in [1.82, 2.24) is 0 Å². The lowest BCUT2D eigenvalue weighted by Crippen LogP contribution is -2.59. The first kappa shape index (κ1) is 28.5. The third kappa shape index (κ3) is 8.24. The molecule has 0 aromatic heterocycles. The van der Waals surface area contributed by atoms with Gasteiger partial charge in [-0.1, -0.05) is 133 Å². The Morgan fingerprint density at radius 1 is 0.475 bits per heavy atom. The molecule has 5 rings (SSSR count). The van der Waals surface area contributed by atoms with Crippen LogP contribution in [-0.2, 0) is 50.1 Å². The van der Waals surface area contributed by atoms with Gasteiger partial charge in [-0.15, -0.1) is 0 Å². The predicted molar refractivity (Wildman–Crippen MR) is 156 cm³/mol. The Morgan fingerprint density at radius 3 is 1.30 bits per heavy atom. The highest BCUT2D eigenvalue weighted by Crippen LogP contribution is 2.32. The van der Waals surface area contributed by atoms with Gasteiger partial charge in [0.15, 0.2) is 5.56 Å². The number of halogens is 1. The second-order valence-electron chi connectivity index (χ2n) is 9.81. The van der Waals surface area contributed by atoms with E-state index in [1.165, 1.54) is 0 Å². The second kappa shape index (κ2) is 15.1. The molecule has 0 N–H and O–H groups in total. The van der Waals surface area contributed by atoms with Crippen LogP contribution in [0.2, 0.25) is 0 Å². The van der Waals surface area contributed by atoms with Crippen LogP contribution in [0.15, 0.2) is 121 Å². The molecule has 0 amide bonds. The van der Waals surface area contributed by atoms with Crippen molar-refractivity contribution in [3.8, 4) is 0 Å². The zero-order chi connectivity index (χ0) is 27.4. The lowest BCUT2D eigenvalue weighted by molar-refractivity contribution is -0.256. The molecule has 1 unspecified atom stereocenters. The summed E-state index contributed by atoms with van der Waals surface area (Å²) in [6, 6.07) is 40.2. The molecule has 6 heteroatoms. The van der Waals surface area contributed by atoms with Gasteiger partial charge in [0.1, 0.15) is 24.4 Å². The van der Waals surface area contributed by atoms with Crippen LogP contribution in [0.5, 0.6) is 0 Å². The van der Waals surface area contributed by atoms with Crippen molar-refractivity contribution >= 4 is 11.6 Å². The smallest absolute Gasteiger partial charge is 0.160 e. The molecule has 208 valence electrons. The van der Waals surface area contributed by atoms with Gasteiger partial charge < -0.3 is 23.7 Å². The van der Waals surface area contributed by atoms with Crippen LogP contribution >= 0.6 is 11.6 Å². The molecule has 1 aliphatic rings. The normalized spacial score (nSPS) is 22.7. The summed E-state index contributed by atoms with van der Waals surface area (Å²) in [7, 11) is 0. The first-order valence-corrected chi connectivity index (χ1v) is 14.1. The minimum Gasteiger partial charge on any atom is -0.374 e. The molecule has 40 heavy (non-hydrogen) atoms. The molecular formula is C34H35ClO5. The number of rotatable bonds is 13. The average molecular weight is 559 g/mol. The van der Waals surface area contributed by atoms with E-state index in [-0.39, 0.29) is 0 Å². The monoisotopic (exact) mass is 558 g/mol. The summed E-state index contributed by atoms with van der Waals surface area (Å²) in [5, 5.41) is 0. The van der Waals surface area contributed by atoms with Gasteiger partial charge in [0, 0.05) is 0 Å². The van der Waals surface area contributed by atoms with Gasteiger partial charge in [-0.3, -0.25) is 0 Å². The molecular weight excluding hydrogens is 524 g/mol. The van der Waals surface area contributed by atoms with Gasteiger partial charge in [-0.05, 0) is 22.3 Å². The van der Waals surface area contributed by atoms with Crippen molar-refractivity contribution < 1.29 is 23.7 Å². The second-order valence-corrected chi connectivity index (χ2v) is 10.2. The Labute approximate surface area is 241 Å². The fraction of sp³-hybridized carbons (Fsp3) is 0.294. The molecule has 5 nitrogen and oxygen atoms in total. The maximum Gasteiger partial charge on any atom is 0.160 e. The fourth-order valence-electron chi connectivity index (χ4n) is 4.73. The lowest BCUT2D eigenvalue weighted by atomic mass is 9.99. The Bertz CT molecular complexity index is 1240. The third-order valence-electron chi connectivity index (χ3n) is 6.83. The van der Waals surface area contributed by atoms with E-state index in [1.54, 1.807) is 0 Å². The molecule has 0 saturated carbocycles. The summed E-state index contributed by atoms with van der Waals surface area (Å²) >= 11 is 6.86. The summed E-state index contributed by atoms with van der Waals surface area (Å²) in [5.41, 5.74) is 3.50. The molecule has 0 radical (unpaired) electrons. The van der Waals surface area contributed by atoms with Gasteiger partial charge in [0.25, 0.3) is 0 Å². The van der Waals surface area contributed by atoms with E-state index in [0.29, 0.717) is 33.0 Å². The molecule has 4 aromatic rings. The SMILES string of the molecule is ClC1O[C@@H](COCc2ccccc2)[C@H](OCc2ccccc2)[C@@H](OCc2ccccc2)[C@@H]1OCc1ccccc1. The van der Waals surface area contributed by atoms with Crippen LogP contribution in [0, 0.1) is 0 Å². The number of benzene rings is 4. The quantitative estimate of drug-likeness (QED) is 0.167. The summed E-state index contributed by atoms with van der Waals surface area (Å²) in [6.07, 6.45) is -1.98. The van der Waals surface area contributed by atoms with E-state index >= 15 is 0 Å². The highest BCUT2D eigenvalue weighted by molar-refractivity contribution is 6.20. The van der Waals surface area contributed by atoms with E-state index in [4.69, 9.17) is 35.3 Å². The van der Waals surface area contributed by atoms with E-state index < -0.39 is 30.0 Å². The molecule has 1 fully saturated rings. The van der Waals surface area contributed by atoms with Gasteiger partial charge in [-0.2, -0.15) is 0 Å². The summed E-state index contributed by atoms with van der Waals surface area (Å²) in [6.45, 7) is 1.93. The molecule has 1 heterocycles. The number of alkyl halides is 1. The molecule has 0 bridgehead atoms. The molecule has 0 aliphatic carbocycles. The van der Waals surface area contributed by atoms with E-state index in [0.717, 1.165) is 22.3 Å². The van der Waals surface area contributed by atoms with Gasteiger partial charge in [0.05, 0.1) is 33.0 Å². The maximum absolute atomic E-state index is 6.86. The average Bonchev–Trinajstić information content (AvgIpc) is 3.01. The van der Waals surface area contributed by atoms with Crippen LogP contribution in [0.3, 0.4) is 0 Å². The highest BCUT2D eigenvalue weighted by Gasteiger charge is 2.47. The maximum atomic E-state index is 6.86. The largest absolute Gasteiger partial charge is 0.374 e. The number of ether oxygens (including phenoxy) is 5. The molecule has 0 spiro atoms. The van der Waals surface area contributed by atoms with Crippen molar-refractivity contribution in [1.29, 1.82) is 0 Å². The van der Waals surface area contributed by atoms with Crippen LogP contribution in [0.25, 0.3) is 0 Å². The predicted octanol–water partition coefficient (Wildman–Crippen LogP) is 6.92. The number of hydrogen-bond acceptors (Lipinski definition) is 5. The van der Waals surface area contributed by atoms with Gasteiger partial charge >= 0.3 is 0 Å². The Hall–Kier alpha value is -3.03. The number of hydrogen-bond donors (Lipinski definition) is 0. The Kier molecular flexibility index (Phi) is 10.8. The van der Waals surface area contributed by atoms with Crippen molar-refractivity contribution in [3.05, 3.63) is 144 Å². The van der Waals surface area contributed by atoms with Gasteiger partial charge in [0.2, 0.25) is 0 Å². The first-order valence-electron chi connectivity index (χ1n) is 13.6. The zero-order valence-corrected chi connectivity index (χ0v) is 23.1. The molecule has 5 atom stereocenters. The zero-order valence-electron chi connectivity index (χ0n) is 22.4. The Balaban J connectivity index is 1.36. The lowest BCUT2D eigenvalue weighted by Gasteiger charge is -2.44. The van der Waals surface area contributed by atoms with E-state index in [1.807, 2.05) is 121 Å². The summed E-state index contributed by atoms with van der Waals surface area (Å²) < 4.78 is 31.9. The van der Waals surface area contributed by atoms with Crippen LogP contribution < -0.4 is 0 Å². The minimum atomic E-state index is -0.744. The molecule has 1 aliphatic heterocycles. The molecule has 1 saturated heterocycles. The van der Waals surface area contributed by atoms with Crippen molar-refractivity contribution in [2.45, 2.75) is 56.4 Å². The summed E-state index contributed by atoms with van der Waals surface area (Å²) in [5.74, 6) is 0. The van der Waals surface area contributed by atoms with Crippen molar-refractivity contribution in [2.24, 2.45) is 0 Å².